The molecule has 3 fully saturated rings. The number of ketones is 1. The Kier molecular flexibility index (Phi) is 6.82. The van der Waals surface area contributed by atoms with Gasteiger partial charge in [0.2, 0.25) is 5.60 Å². The number of carbonyl (C=O) groups excluding carboxylic acids is 3. The third kappa shape index (κ3) is 3.41. The molecule has 36 heavy (non-hydrogen) atoms. The Labute approximate surface area is 214 Å². The minimum atomic E-state index is -2.32. The minimum Gasteiger partial charge on any atom is -0.446 e. The summed E-state index contributed by atoms with van der Waals surface area (Å²) in [7, 11) is 0. The molecule has 0 aliphatic heterocycles. The second-order valence-electron chi connectivity index (χ2n) is 11.0. The van der Waals surface area contributed by atoms with Crippen molar-refractivity contribution in [2.75, 3.05) is 12.7 Å². The van der Waals surface area contributed by atoms with Crippen molar-refractivity contribution in [2.45, 2.75) is 76.9 Å². The van der Waals surface area contributed by atoms with E-state index in [4.69, 9.17) is 25.8 Å². The van der Waals surface area contributed by atoms with Gasteiger partial charge in [-0.3, -0.25) is 4.79 Å². The highest BCUT2D eigenvalue weighted by atomic mass is 35.5. The summed E-state index contributed by atoms with van der Waals surface area (Å²) in [6.45, 7) is 6.69. The van der Waals surface area contributed by atoms with Gasteiger partial charge in [0.1, 0.15) is 6.17 Å². The molecule has 4 aliphatic rings. The highest BCUT2D eigenvalue weighted by Crippen LogP contribution is 2.71. The highest BCUT2D eigenvalue weighted by Gasteiger charge is 2.79. The highest BCUT2D eigenvalue weighted by molar-refractivity contribution is 6.17. The molecule has 0 aromatic heterocycles. The number of halogens is 3. The van der Waals surface area contributed by atoms with Gasteiger partial charge >= 0.3 is 12.1 Å². The van der Waals surface area contributed by atoms with Gasteiger partial charge in [0.15, 0.2) is 17.5 Å². The molecule has 4 aliphatic carbocycles. The lowest BCUT2D eigenvalue weighted by Gasteiger charge is -2.62. The zero-order chi connectivity index (χ0) is 26.7. The minimum absolute atomic E-state index is 0.00894. The number of hydrogen-bond acceptors (Lipinski definition) is 7. The molecule has 0 aromatic rings. The Bertz CT molecular complexity index is 1020. The van der Waals surface area contributed by atoms with Crippen LogP contribution in [0, 0.1) is 28.6 Å². The van der Waals surface area contributed by atoms with Crippen LogP contribution in [0.2, 0.25) is 0 Å². The molecule has 0 heterocycles. The van der Waals surface area contributed by atoms with Crippen molar-refractivity contribution < 1.29 is 42.5 Å². The summed E-state index contributed by atoms with van der Waals surface area (Å²) in [5, 5.41) is 11.4. The van der Waals surface area contributed by atoms with Gasteiger partial charge < -0.3 is 19.3 Å². The number of rotatable bonds is 5. The number of esters is 1. The maximum atomic E-state index is 17.3. The maximum absolute atomic E-state index is 17.3. The molecule has 10 heteroatoms. The first-order chi connectivity index (χ1) is 16.8. The standard InChI is InChI=1S/C26H33ClF2O7/c1-5-8-34-22(33)36-26(21(32)35-13-27)14(2)9-16-17-11-19(28)18-10-15(30)6-7-23(18,3)25(17,29)20(31)12-24(16,26)4/h6-7,10,14,16-17,19-20,31H,5,8-9,11-13H2,1-4H3/t14-,16+,17+,19+,20+,23+,24+,25+,26+/m1/s1. The average molecular weight is 531 g/mol. The normalized spacial score (nSPS) is 45.2. The van der Waals surface area contributed by atoms with Crippen molar-refractivity contribution in [3.05, 3.63) is 23.8 Å². The molecule has 0 saturated heterocycles. The molecule has 9 atom stereocenters. The number of carbonyl (C=O) groups is 3. The fourth-order valence-electron chi connectivity index (χ4n) is 7.72. The van der Waals surface area contributed by atoms with Crippen LogP contribution in [0.5, 0.6) is 0 Å². The topological polar surface area (TPSA) is 99.1 Å². The smallest absolute Gasteiger partial charge is 0.446 e. The van der Waals surface area contributed by atoms with Crippen LogP contribution in [0.4, 0.5) is 13.6 Å². The zero-order valence-electron chi connectivity index (χ0n) is 20.9. The molecule has 0 amide bonds. The summed E-state index contributed by atoms with van der Waals surface area (Å²) in [6.07, 6.45) is -0.516. The van der Waals surface area contributed by atoms with Gasteiger partial charge in [-0.15, -0.1) is 0 Å². The second-order valence-corrected chi connectivity index (χ2v) is 11.2. The maximum Gasteiger partial charge on any atom is 0.509 e. The van der Waals surface area contributed by atoms with Gasteiger partial charge in [-0.2, -0.15) is 0 Å². The van der Waals surface area contributed by atoms with Gasteiger partial charge in [-0.25, -0.2) is 18.4 Å². The van der Waals surface area contributed by atoms with Crippen molar-refractivity contribution >= 4 is 29.5 Å². The fourth-order valence-corrected chi connectivity index (χ4v) is 7.82. The number of ether oxygens (including phenoxy) is 3. The van der Waals surface area contributed by atoms with Crippen LogP contribution >= 0.6 is 11.6 Å². The molecular formula is C26H33ClF2O7. The van der Waals surface area contributed by atoms with Gasteiger partial charge in [0, 0.05) is 22.7 Å². The Balaban J connectivity index is 1.83. The molecule has 4 rings (SSSR count). The summed E-state index contributed by atoms with van der Waals surface area (Å²) in [5.74, 6) is -3.71. The SMILES string of the molecule is CCCOC(=O)O[C@]1(C(=O)OCCl)[C@H](C)C[C@H]2[C@@H]3C[C@H](F)C4=CC(=O)C=C[C@]4(C)[C@@]3(F)[C@@H](O)C[C@@]21C. The van der Waals surface area contributed by atoms with E-state index >= 15 is 8.78 Å². The molecule has 0 radical (unpaired) electrons. The van der Waals surface area contributed by atoms with E-state index in [0.29, 0.717) is 6.42 Å². The van der Waals surface area contributed by atoms with Crippen LogP contribution in [-0.4, -0.2) is 59.2 Å². The molecule has 1 N–H and O–H groups in total. The summed E-state index contributed by atoms with van der Waals surface area (Å²) < 4.78 is 48.9. The number of aliphatic hydroxyl groups excluding tert-OH is 1. The number of fused-ring (bicyclic) bond motifs is 5. The van der Waals surface area contributed by atoms with E-state index in [0.717, 1.165) is 6.08 Å². The summed E-state index contributed by atoms with van der Waals surface area (Å²) in [4.78, 5) is 38.1. The zero-order valence-corrected chi connectivity index (χ0v) is 21.6. The van der Waals surface area contributed by atoms with Crippen molar-refractivity contribution in [1.82, 2.24) is 0 Å². The first-order valence-corrected chi connectivity index (χ1v) is 12.9. The van der Waals surface area contributed by atoms with E-state index < -0.39 is 76.1 Å². The molecule has 200 valence electrons. The van der Waals surface area contributed by atoms with Crippen LogP contribution in [0.25, 0.3) is 0 Å². The number of aliphatic hydroxyl groups is 1. The van der Waals surface area contributed by atoms with E-state index in [1.165, 1.54) is 19.1 Å². The monoisotopic (exact) mass is 530 g/mol. The van der Waals surface area contributed by atoms with E-state index in [2.05, 4.69) is 0 Å². The Morgan fingerprint density at radius 1 is 1.22 bits per heavy atom. The van der Waals surface area contributed by atoms with Gasteiger partial charge in [-0.05, 0) is 56.3 Å². The van der Waals surface area contributed by atoms with Crippen molar-refractivity contribution in [2.24, 2.45) is 28.6 Å². The average Bonchev–Trinajstić information content (AvgIpc) is 3.03. The Morgan fingerprint density at radius 2 is 1.92 bits per heavy atom. The number of alkyl halides is 3. The van der Waals surface area contributed by atoms with E-state index in [1.54, 1.807) is 20.8 Å². The van der Waals surface area contributed by atoms with E-state index in [-0.39, 0.29) is 31.4 Å². The van der Waals surface area contributed by atoms with Crippen molar-refractivity contribution in [3.63, 3.8) is 0 Å². The van der Waals surface area contributed by atoms with Crippen LogP contribution in [-0.2, 0) is 23.8 Å². The van der Waals surface area contributed by atoms with Crippen molar-refractivity contribution in [1.29, 1.82) is 0 Å². The van der Waals surface area contributed by atoms with Crippen LogP contribution in [0.1, 0.15) is 53.4 Å². The summed E-state index contributed by atoms with van der Waals surface area (Å²) in [5.41, 5.74) is -7.12. The molecular weight excluding hydrogens is 498 g/mol. The largest absolute Gasteiger partial charge is 0.509 e. The second kappa shape index (κ2) is 9.08. The van der Waals surface area contributed by atoms with Crippen LogP contribution < -0.4 is 0 Å². The summed E-state index contributed by atoms with van der Waals surface area (Å²) >= 11 is 5.70. The van der Waals surface area contributed by atoms with E-state index in [9.17, 15) is 19.5 Å². The lowest BCUT2D eigenvalue weighted by Crippen LogP contribution is -2.71. The number of hydrogen-bond donors (Lipinski definition) is 1. The molecule has 0 unspecified atom stereocenters. The molecule has 0 bridgehead atoms. The predicted molar refractivity (Wildman–Crippen MR) is 125 cm³/mol. The fraction of sp³-hybridized carbons (Fsp3) is 0.731. The quantitative estimate of drug-likeness (QED) is 0.410. The number of allylic oxidation sites excluding steroid dienone is 4. The van der Waals surface area contributed by atoms with Crippen molar-refractivity contribution in [3.8, 4) is 0 Å². The lowest BCUT2D eigenvalue weighted by molar-refractivity contribution is -0.233. The Morgan fingerprint density at radius 3 is 2.56 bits per heavy atom. The first kappa shape index (κ1) is 27.0. The lowest BCUT2D eigenvalue weighted by atomic mass is 9.44. The first-order valence-electron chi connectivity index (χ1n) is 12.4. The Hall–Kier alpha value is -2.00. The molecule has 0 aromatic carbocycles. The molecule has 3 saturated carbocycles. The predicted octanol–water partition coefficient (Wildman–Crippen LogP) is 4.59. The van der Waals surface area contributed by atoms with E-state index in [1.807, 2.05) is 0 Å². The third-order valence-electron chi connectivity index (χ3n) is 9.33. The van der Waals surface area contributed by atoms with Gasteiger partial charge in [0.25, 0.3) is 0 Å². The van der Waals surface area contributed by atoms with Gasteiger partial charge in [-0.1, -0.05) is 38.4 Å². The molecule has 0 spiro atoms. The summed E-state index contributed by atoms with van der Waals surface area (Å²) in [6, 6.07) is -0.502. The van der Waals surface area contributed by atoms with Crippen LogP contribution in [0.3, 0.4) is 0 Å². The van der Waals surface area contributed by atoms with Crippen LogP contribution in [0.15, 0.2) is 23.8 Å². The van der Waals surface area contributed by atoms with Gasteiger partial charge in [0.05, 0.1) is 12.7 Å². The third-order valence-corrected chi connectivity index (χ3v) is 9.43. The molecule has 7 nitrogen and oxygen atoms in total.